The van der Waals surface area contributed by atoms with Gasteiger partial charge in [0.1, 0.15) is 0 Å². The molecule has 0 spiro atoms. The average molecular weight is 302 g/mol. The summed E-state index contributed by atoms with van der Waals surface area (Å²) in [6.45, 7) is 3.56. The Balaban J connectivity index is 3.21. The molecule has 1 aromatic rings. The molecule has 0 aliphatic heterocycles. The van der Waals surface area contributed by atoms with Crippen molar-refractivity contribution in [3.63, 3.8) is 0 Å². The van der Waals surface area contributed by atoms with Crippen LogP contribution in [0.3, 0.4) is 0 Å². The Hall–Kier alpha value is -1.05. The molecule has 5 nitrogen and oxygen atoms in total. The van der Waals surface area contributed by atoms with Crippen molar-refractivity contribution in [1.82, 2.24) is 4.72 Å². The largest absolute Gasteiger partial charge is 0.325 e. The molecular formula is C12H18N2O3S2. The third-order valence-electron chi connectivity index (χ3n) is 2.53. The minimum Gasteiger partial charge on any atom is -0.325 e. The summed E-state index contributed by atoms with van der Waals surface area (Å²) in [5, 5.41) is 2.75. The highest BCUT2D eigenvalue weighted by Crippen LogP contribution is 2.28. The number of nitrogens with one attached hydrogen (secondary N) is 2. The smallest absolute Gasteiger partial charge is 0.240 e. The molecule has 0 bridgehead atoms. The van der Waals surface area contributed by atoms with Gasteiger partial charge in [0.05, 0.1) is 10.6 Å². The van der Waals surface area contributed by atoms with E-state index in [1.165, 1.54) is 30.9 Å². The van der Waals surface area contributed by atoms with Crippen LogP contribution in [0.2, 0.25) is 0 Å². The Bertz CT molecular complexity index is 568. The molecule has 1 rings (SSSR count). The summed E-state index contributed by atoms with van der Waals surface area (Å²) in [6, 6.07) is 4.67. The van der Waals surface area contributed by atoms with Crippen LogP contribution >= 0.6 is 11.8 Å². The fourth-order valence-electron chi connectivity index (χ4n) is 1.35. The van der Waals surface area contributed by atoms with Crippen molar-refractivity contribution in [1.29, 1.82) is 0 Å². The number of anilines is 1. The van der Waals surface area contributed by atoms with Crippen LogP contribution in [0.5, 0.6) is 0 Å². The number of hydrogen-bond acceptors (Lipinski definition) is 4. The fraction of sp³-hybridized carbons (Fsp3) is 0.417. The lowest BCUT2D eigenvalue weighted by Gasteiger charge is -2.13. The summed E-state index contributed by atoms with van der Waals surface area (Å²) in [4.78, 5) is 12.7. The van der Waals surface area contributed by atoms with Crippen LogP contribution in [0.1, 0.15) is 13.8 Å². The van der Waals surface area contributed by atoms with E-state index in [0.717, 1.165) is 4.90 Å². The molecule has 2 N–H and O–H groups in total. The maximum Gasteiger partial charge on any atom is 0.240 e. The summed E-state index contributed by atoms with van der Waals surface area (Å²) in [6.07, 6.45) is 1.87. The van der Waals surface area contributed by atoms with Crippen molar-refractivity contribution in [2.45, 2.75) is 23.6 Å². The van der Waals surface area contributed by atoms with Crippen LogP contribution < -0.4 is 10.0 Å². The first-order chi connectivity index (χ1) is 8.81. The highest BCUT2D eigenvalue weighted by Gasteiger charge is 2.16. The molecule has 1 aromatic carbocycles. The van der Waals surface area contributed by atoms with Crippen LogP contribution in [0, 0.1) is 5.92 Å². The van der Waals surface area contributed by atoms with Crippen LogP contribution in [-0.4, -0.2) is 27.6 Å². The number of thioether (sulfide) groups is 1. The van der Waals surface area contributed by atoms with E-state index in [0.29, 0.717) is 5.69 Å². The Morgan fingerprint density at radius 2 is 1.95 bits per heavy atom. The van der Waals surface area contributed by atoms with Crippen molar-refractivity contribution >= 4 is 33.4 Å². The fourth-order valence-corrected chi connectivity index (χ4v) is 2.64. The van der Waals surface area contributed by atoms with Crippen LogP contribution in [0.15, 0.2) is 28.0 Å². The Morgan fingerprint density at radius 1 is 1.32 bits per heavy atom. The Labute approximate surface area is 118 Å². The Kier molecular flexibility index (Phi) is 5.39. The minimum atomic E-state index is -3.51. The lowest BCUT2D eigenvalue weighted by Crippen LogP contribution is -2.20. The van der Waals surface area contributed by atoms with E-state index in [9.17, 15) is 13.2 Å². The molecule has 0 heterocycles. The van der Waals surface area contributed by atoms with Gasteiger partial charge in [-0.25, -0.2) is 13.1 Å². The SMILES string of the molecule is CNS(=O)(=O)c1ccc(SC)c(NC(=O)C(C)C)c1. The number of rotatable bonds is 5. The lowest BCUT2D eigenvalue weighted by molar-refractivity contribution is -0.118. The van der Waals surface area contributed by atoms with Crippen molar-refractivity contribution in [3.8, 4) is 0 Å². The molecule has 0 atom stereocenters. The van der Waals surface area contributed by atoms with Crippen molar-refractivity contribution in [2.24, 2.45) is 5.92 Å². The van der Waals surface area contributed by atoms with Gasteiger partial charge in [0, 0.05) is 10.8 Å². The zero-order valence-electron chi connectivity index (χ0n) is 11.4. The van der Waals surface area contributed by atoms with E-state index in [2.05, 4.69) is 10.0 Å². The van der Waals surface area contributed by atoms with E-state index >= 15 is 0 Å². The number of carbonyl (C=O) groups is 1. The summed E-state index contributed by atoms with van der Waals surface area (Å²) >= 11 is 1.45. The van der Waals surface area contributed by atoms with E-state index in [1.807, 2.05) is 6.26 Å². The number of benzene rings is 1. The second-order valence-electron chi connectivity index (χ2n) is 4.21. The van der Waals surface area contributed by atoms with Crippen molar-refractivity contribution < 1.29 is 13.2 Å². The quantitative estimate of drug-likeness (QED) is 0.815. The molecule has 0 saturated carbocycles. The second-order valence-corrected chi connectivity index (χ2v) is 6.95. The standard InChI is InChI=1S/C12H18N2O3S2/c1-8(2)12(15)14-10-7-9(19(16,17)13-3)5-6-11(10)18-4/h5-8,13H,1-4H3,(H,14,15). The number of amides is 1. The molecule has 0 aliphatic carbocycles. The maximum absolute atomic E-state index is 11.7. The van der Waals surface area contributed by atoms with Crippen LogP contribution in [0.4, 0.5) is 5.69 Å². The van der Waals surface area contributed by atoms with Crippen LogP contribution in [0.25, 0.3) is 0 Å². The second kappa shape index (κ2) is 6.40. The van der Waals surface area contributed by atoms with E-state index < -0.39 is 10.0 Å². The first kappa shape index (κ1) is 16.0. The van der Waals surface area contributed by atoms with Gasteiger partial charge in [-0.1, -0.05) is 13.8 Å². The van der Waals surface area contributed by atoms with Gasteiger partial charge in [-0.2, -0.15) is 0 Å². The van der Waals surface area contributed by atoms with Crippen molar-refractivity contribution in [2.75, 3.05) is 18.6 Å². The van der Waals surface area contributed by atoms with Gasteiger partial charge in [0.2, 0.25) is 15.9 Å². The number of carbonyl (C=O) groups excluding carboxylic acids is 1. The summed E-state index contributed by atoms with van der Waals surface area (Å²) in [7, 11) is -2.16. The topological polar surface area (TPSA) is 75.3 Å². The minimum absolute atomic E-state index is 0.131. The monoisotopic (exact) mass is 302 g/mol. The molecule has 0 aliphatic rings. The van der Waals surface area contributed by atoms with Gasteiger partial charge in [0.15, 0.2) is 0 Å². The molecule has 0 unspecified atom stereocenters. The zero-order chi connectivity index (χ0) is 14.6. The van der Waals surface area contributed by atoms with Gasteiger partial charge in [-0.3, -0.25) is 4.79 Å². The molecule has 0 saturated heterocycles. The maximum atomic E-state index is 11.7. The molecular weight excluding hydrogens is 284 g/mol. The first-order valence-electron chi connectivity index (χ1n) is 5.74. The molecule has 7 heteroatoms. The predicted octanol–water partition coefficient (Wildman–Crippen LogP) is 1.91. The van der Waals surface area contributed by atoms with Gasteiger partial charge < -0.3 is 5.32 Å². The molecule has 1 amide bonds. The number of hydrogen-bond donors (Lipinski definition) is 2. The molecule has 0 fully saturated rings. The molecule has 19 heavy (non-hydrogen) atoms. The van der Waals surface area contributed by atoms with Crippen molar-refractivity contribution in [3.05, 3.63) is 18.2 Å². The van der Waals surface area contributed by atoms with Gasteiger partial charge in [-0.15, -0.1) is 11.8 Å². The van der Waals surface area contributed by atoms with E-state index in [1.54, 1.807) is 19.9 Å². The molecule has 0 radical (unpaired) electrons. The van der Waals surface area contributed by atoms with Gasteiger partial charge in [-0.05, 0) is 31.5 Å². The Morgan fingerprint density at radius 3 is 2.42 bits per heavy atom. The third-order valence-corrected chi connectivity index (χ3v) is 4.74. The van der Waals surface area contributed by atoms with E-state index in [4.69, 9.17) is 0 Å². The summed E-state index contributed by atoms with van der Waals surface area (Å²) in [5.74, 6) is -0.312. The first-order valence-corrected chi connectivity index (χ1v) is 8.45. The normalized spacial score (nSPS) is 11.6. The predicted molar refractivity (Wildman–Crippen MR) is 77.9 cm³/mol. The van der Waals surface area contributed by atoms with Crippen LogP contribution in [-0.2, 0) is 14.8 Å². The lowest BCUT2D eigenvalue weighted by atomic mass is 10.2. The average Bonchev–Trinajstić information content (AvgIpc) is 2.38. The van der Waals surface area contributed by atoms with Gasteiger partial charge >= 0.3 is 0 Å². The molecule has 106 valence electrons. The number of sulfonamides is 1. The van der Waals surface area contributed by atoms with E-state index in [-0.39, 0.29) is 16.7 Å². The third kappa shape index (κ3) is 3.95. The molecule has 0 aromatic heterocycles. The highest BCUT2D eigenvalue weighted by molar-refractivity contribution is 7.98. The van der Waals surface area contributed by atoms with Gasteiger partial charge in [0.25, 0.3) is 0 Å². The highest BCUT2D eigenvalue weighted by atomic mass is 32.2. The summed E-state index contributed by atoms with van der Waals surface area (Å²) in [5.41, 5.74) is 0.516. The summed E-state index contributed by atoms with van der Waals surface area (Å²) < 4.78 is 25.7. The zero-order valence-corrected chi connectivity index (χ0v) is 13.0.